The molecule has 0 aliphatic carbocycles. The Hall–Kier alpha value is -1.63. The summed E-state index contributed by atoms with van der Waals surface area (Å²) in [7, 11) is 0. The molecule has 0 saturated carbocycles. The quantitative estimate of drug-likeness (QED) is 0.801. The third-order valence-electron chi connectivity index (χ3n) is 5.16. The van der Waals surface area contributed by atoms with E-state index in [9.17, 15) is 0 Å². The molecule has 0 atom stereocenters. The van der Waals surface area contributed by atoms with Gasteiger partial charge in [0, 0.05) is 17.5 Å². The monoisotopic (exact) mass is 373 g/mol. The Balaban J connectivity index is 1.25. The van der Waals surface area contributed by atoms with Crippen LogP contribution in [0.2, 0.25) is 0 Å². The first kappa shape index (κ1) is 17.8. The number of aromatic nitrogens is 1. The highest BCUT2D eigenvalue weighted by atomic mass is 32.1. The molecule has 6 heteroatoms. The van der Waals surface area contributed by atoms with Crippen LogP contribution in [0, 0.1) is 5.92 Å². The highest BCUT2D eigenvalue weighted by Gasteiger charge is 2.18. The smallest absolute Gasteiger partial charge is 0.231 e. The number of rotatable bonds is 7. The number of hydrogen-bond donors (Lipinski definition) is 1. The number of fused-ring (bicyclic) bond motifs is 1. The zero-order valence-corrected chi connectivity index (χ0v) is 16.2. The van der Waals surface area contributed by atoms with Gasteiger partial charge in [-0.3, -0.25) is 0 Å². The Labute approximate surface area is 159 Å². The van der Waals surface area contributed by atoms with E-state index in [1.54, 1.807) is 11.3 Å². The fraction of sp³-hybridized carbons (Fsp3) is 0.550. The summed E-state index contributed by atoms with van der Waals surface area (Å²) >= 11 is 1.69. The number of piperidine rings is 1. The van der Waals surface area contributed by atoms with Crippen LogP contribution in [-0.4, -0.2) is 42.9 Å². The molecule has 4 rings (SSSR count). The lowest BCUT2D eigenvalue weighted by Crippen LogP contribution is -2.37. The Morgan fingerprint density at radius 1 is 1.23 bits per heavy atom. The van der Waals surface area contributed by atoms with Gasteiger partial charge in [0.25, 0.3) is 0 Å². The van der Waals surface area contributed by atoms with Crippen LogP contribution < -0.4 is 14.8 Å². The minimum absolute atomic E-state index is 0.309. The molecular formula is C20H27N3O2S. The average Bonchev–Trinajstić information content (AvgIpc) is 3.32. The predicted octanol–water partition coefficient (Wildman–Crippen LogP) is 3.75. The van der Waals surface area contributed by atoms with E-state index in [0.717, 1.165) is 46.8 Å². The number of thiazole rings is 1. The van der Waals surface area contributed by atoms with Crippen molar-refractivity contribution in [2.45, 2.75) is 32.7 Å². The van der Waals surface area contributed by atoms with Gasteiger partial charge in [-0.25, -0.2) is 4.98 Å². The first-order chi connectivity index (χ1) is 12.8. The number of nitrogens with zero attached hydrogens (tertiary/aromatic N) is 2. The van der Waals surface area contributed by atoms with Crippen LogP contribution in [0.3, 0.4) is 0 Å². The molecule has 0 unspecified atom stereocenters. The van der Waals surface area contributed by atoms with E-state index in [1.165, 1.54) is 38.9 Å². The van der Waals surface area contributed by atoms with Gasteiger partial charge in [0.1, 0.15) is 5.01 Å². The largest absolute Gasteiger partial charge is 0.454 e. The highest BCUT2D eigenvalue weighted by molar-refractivity contribution is 7.13. The summed E-state index contributed by atoms with van der Waals surface area (Å²) in [6, 6.07) is 6.03. The molecule has 0 radical (unpaired) electrons. The third kappa shape index (κ3) is 4.19. The van der Waals surface area contributed by atoms with Crippen molar-refractivity contribution in [3.05, 3.63) is 29.3 Å². The molecule has 5 nitrogen and oxygen atoms in total. The molecule has 1 saturated heterocycles. The molecule has 0 spiro atoms. The maximum atomic E-state index is 5.46. The fourth-order valence-corrected chi connectivity index (χ4v) is 4.50. The lowest BCUT2D eigenvalue weighted by atomic mass is 9.96. The van der Waals surface area contributed by atoms with Crippen molar-refractivity contribution >= 4 is 11.3 Å². The van der Waals surface area contributed by atoms with Gasteiger partial charge in [0.05, 0.1) is 5.69 Å². The topological polar surface area (TPSA) is 46.6 Å². The number of benzene rings is 1. The van der Waals surface area contributed by atoms with Gasteiger partial charge in [-0.2, -0.15) is 0 Å². The molecule has 2 aliphatic rings. The van der Waals surface area contributed by atoms with Gasteiger partial charge >= 0.3 is 0 Å². The van der Waals surface area contributed by atoms with Gasteiger partial charge in [-0.1, -0.05) is 6.92 Å². The van der Waals surface area contributed by atoms with Crippen LogP contribution in [0.4, 0.5) is 0 Å². The lowest BCUT2D eigenvalue weighted by Gasteiger charge is -2.31. The van der Waals surface area contributed by atoms with Gasteiger partial charge in [0.15, 0.2) is 11.5 Å². The zero-order valence-electron chi connectivity index (χ0n) is 15.4. The van der Waals surface area contributed by atoms with Crippen LogP contribution in [0.1, 0.15) is 31.9 Å². The van der Waals surface area contributed by atoms with Crippen LogP contribution in [0.25, 0.3) is 10.6 Å². The van der Waals surface area contributed by atoms with Gasteiger partial charge < -0.3 is 19.7 Å². The molecule has 3 heterocycles. The number of ether oxygens (including phenoxy) is 2. The molecule has 1 aromatic carbocycles. The minimum atomic E-state index is 0.309. The van der Waals surface area contributed by atoms with E-state index < -0.39 is 0 Å². The van der Waals surface area contributed by atoms with Crippen molar-refractivity contribution in [2.75, 3.05) is 33.0 Å². The summed E-state index contributed by atoms with van der Waals surface area (Å²) < 4.78 is 10.8. The molecule has 1 fully saturated rings. The van der Waals surface area contributed by atoms with E-state index in [4.69, 9.17) is 14.5 Å². The van der Waals surface area contributed by atoms with Crippen molar-refractivity contribution < 1.29 is 9.47 Å². The van der Waals surface area contributed by atoms with Crippen LogP contribution in [0.5, 0.6) is 11.5 Å². The predicted molar refractivity (Wildman–Crippen MR) is 105 cm³/mol. The minimum Gasteiger partial charge on any atom is -0.454 e. The summed E-state index contributed by atoms with van der Waals surface area (Å²) in [4.78, 5) is 7.37. The first-order valence-electron chi connectivity index (χ1n) is 9.59. The van der Waals surface area contributed by atoms with Gasteiger partial charge in [0.2, 0.25) is 6.79 Å². The van der Waals surface area contributed by atoms with E-state index >= 15 is 0 Å². The SMILES string of the molecule is CCCN1CCC(CNCc2csc(-c3ccc4c(c3)OCO4)n2)CC1. The Bertz CT molecular complexity index is 726. The summed E-state index contributed by atoms with van der Waals surface area (Å²) in [5.41, 5.74) is 2.21. The summed E-state index contributed by atoms with van der Waals surface area (Å²) in [6.45, 7) is 8.27. The van der Waals surface area contributed by atoms with E-state index in [1.807, 2.05) is 18.2 Å². The molecular weight excluding hydrogens is 346 g/mol. The second-order valence-electron chi connectivity index (χ2n) is 7.13. The van der Waals surface area contributed by atoms with Crippen molar-refractivity contribution in [2.24, 2.45) is 5.92 Å². The summed E-state index contributed by atoms with van der Waals surface area (Å²) in [6.07, 6.45) is 3.89. The Kier molecular flexibility index (Phi) is 5.72. The maximum absolute atomic E-state index is 5.46. The molecule has 1 aromatic heterocycles. The van der Waals surface area contributed by atoms with Crippen molar-refractivity contribution in [3.63, 3.8) is 0 Å². The number of hydrogen-bond acceptors (Lipinski definition) is 6. The summed E-state index contributed by atoms with van der Waals surface area (Å²) in [5, 5.41) is 6.79. The standard InChI is InChI=1S/C20H27N3O2S/c1-2-7-23-8-5-15(6-9-23)11-21-12-17-13-26-20(22-17)16-3-4-18-19(10-16)25-14-24-18/h3-4,10,13,15,21H,2,5-9,11-12,14H2,1H3. The van der Waals surface area contributed by atoms with Crippen molar-refractivity contribution in [1.82, 2.24) is 15.2 Å². The number of likely N-dealkylation sites (tertiary alicyclic amines) is 1. The maximum Gasteiger partial charge on any atom is 0.231 e. The Morgan fingerprint density at radius 3 is 2.92 bits per heavy atom. The molecule has 140 valence electrons. The first-order valence-corrected chi connectivity index (χ1v) is 10.5. The molecule has 2 aliphatic heterocycles. The van der Waals surface area contributed by atoms with Gasteiger partial charge in [-0.05, 0) is 69.6 Å². The molecule has 0 bridgehead atoms. The average molecular weight is 374 g/mol. The lowest BCUT2D eigenvalue weighted by molar-refractivity contribution is 0.174. The highest BCUT2D eigenvalue weighted by Crippen LogP contribution is 2.36. The molecule has 26 heavy (non-hydrogen) atoms. The molecule has 0 amide bonds. The Morgan fingerprint density at radius 2 is 2.08 bits per heavy atom. The summed E-state index contributed by atoms with van der Waals surface area (Å²) in [5.74, 6) is 2.43. The van der Waals surface area contributed by atoms with Crippen molar-refractivity contribution in [3.8, 4) is 22.1 Å². The normalized spacial score (nSPS) is 17.7. The van der Waals surface area contributed by atoms with E-state index in [0.29, 0.717) is 6.79 Å². The van der Waals surface area contributed by atoms with E-state index in [2.05, 4.69) is 22.5 Å². The van der Waals surface area contributed by atoms with Crippen LogP contribution in [0.15, 0.2) is 23.6 Å². The second kappa shape index (κ2) is 8.37. The number of nitrogens with one attached hydrogen (secondary N) is 1. The zero-order chi connectivity index (χ0) is 17.8. The molecule has 2 aromatic rings. The third-order valence-corrected chi connectivity index (χ3v) is 6.10. The van der Waals surface area contributed by atoms with E-state index in [-0.39, 0.29) is 0 Å². The van der Waals surface area contributed by atoms with Crippen molar-refractivity contribution in [1.29, 1.82) is 0 Å². The van der Waals surface area contributed by atoms with Gasteiger partial charge in [-0.15, -0.1) is 11.3 Å². The van der Waals surface area contributed by atoms with Crippen LogP contribution in [-0.2, 0) is 6.54 Å². The fourth-order valence-electron chi connectivity index (χ4n) is 3.69. The van der Waals surface area contributed by atoms with Crippen LogP contribution >= 0.6 is 11.3 Å². The second-order valence-corrected chi connectivity index (χ2v) is 7.99. The molecule has 1 N–H and O–H groups in total.